The number of hydrogen-bond donors (Lipinski definition) is 0. The molecular weight excluding hydrogens is 288 g/mol. The second kappa shape index (κ2) is 5.70. The topological polar surface area (TPSA) is 43.4 Å². The van der Waals surface area contributed by atoms with Crippen LogP contribution < -0.4 is 0 Å². The van der Waals surface area contributed by atoms with Gasteiger partial charge in [-0.15, -0.1) is 0 Å². The van der Waals surface area contributed by atoms with E-state index in [1.54, 1.807) is 0 Å². The van der Waals surface area contributed by atoms with E-state index in [9.17, 15) is 9.59 Å². The zero-order valence-electron chi connectivity index (χ0n) is 11.3. The summed E-state index contributed by atoms with van der Waals surface area (Å²) < 4.78 is 5.12. The molecule has 0 aliphatic heterocycles. The lowest BCUT2D eigenvalue weighted by molar-refractivity contribution is -0.146. The Morgan fingerprint density at radius 2 is 1.81 bits per heavy atom. The molecule has 0 unspecified atom stereocenters. The molecule has 0 N–H and O–H groups in total. The maximum absolute atomic E-state index is 11.4. The van der Waals surface area contributed by atoms with Crippen LogP contribution in [0.25, 0.3) is 11.1 Å². The minimum absolute atomic E-state index is 0.167. The summed E-state index contributed by atoms with van der Waals surface area (Å²) in [5, 5.41) is -0.703. The average molecular weight is 301 g/mol. The molecule has 1 aliphatic rings. The summed E-state index contributed by atoms with van der Waals surface area (Å²) in [7, 11) is 0. The van der Waals surface area contributed by atoms with Crippen LogP contribution in [-0.2, 0) is 27.4 Å². The first-order chi connectivity index (χ1) is 10.1. The van der Waals surface area contributed by atoms with Crippen LogP contribution in [0, 0.1) is 0 Å². The third-order valence-electron chi connectivity index (χ3n) is 3.62. The van der Waals surface area contributed by atoms with Gasteiger partial charge >= 0.3 is 5.97 Å². The smallest absolute Gasteiger partial charge is 0.314 e. The Balaban J connectivity index is 1.81. The molecule has 0 amide bonds. The number of rotatable bonds is 4. The van der Waals surface area contributed by atoms with Crippen molar-refractivity contribution in [2.24, 2.45) is 0 Å². The number of carbonyl (C=O) groups excluding carboxylic acids is 2. The van der Waals surface area contributed by atoms with Gasteiger partial charge in [-0.05, 0) is 45.8 Å². The van der Waals surface area contributed by atoms with Crippen molar-refractivity contribution in [3.8, 4) is 11.1 Å². The highest BCUT2D eigenvalue weighted by molar-refractivity contribution is 6.64. The normalized spacial score (nSPS) is 11.7. The van der Waals surface area contributed by atoms with Crippen LogP contribution in [0.5, 0.6) is 0 Å². The summed E-state index contributed by atoms with van der Waals surface area (Å²) in [6.45, 7) is 0.167. The molecule has 2 aromatic carbocycles. The van der Waals surface area contributed by atoms with E-state index in [4.69, 9.17) is 16.3 Å². The molecular formula is C17H13ClO3. The average Bonchev–Trinajstić information content (AvgIpc) is 2.83. The van der Waals surface area contributed by atoms with Gasteiger partial charge in [-0.2, -0.15) is 0 Å². The van der Waals surface area contributed by atoms with Gasteiger partial charge in [-0.3, -0.25) is 9.59 Å². The van der Waals surface area contributed by atoms with Crippen LogP contribution in [0.15, 0.2) is 42.5 Å². The molecule has 21 heavy (non-hydrogen) atoms. The van der Waals surface area contributed by atoms with Crippen LogP contribution in [0.1, 0.15) is 23.1 Å². The molecule has 0 saturated carbocycles. The largest absolute Gasteiger partial charge is 0.460 e. The number of halogens is 1. The van der Waals surface area contributed by atoms with E-state index < -0.39 is 17.6 Å². The Morgan fingerprint density at radius 1 is 1.05 bits per heavy atom. The zero-order chi connectivity index (χ0) is 14.8. The van der Waals surface area contributed by atoms with Crippen molar-refractivity contribution in [3.63, 3.8) is 0 Å². The molecule has 106 valence electrons. The molecule has 0 saturated heterocycles. The fourth-order valence-electron chi connectivity index (χ4n) is 2.68. The number of fused-ring (bicyclic) bond motifs is 3. The first kappa shape index (κ1) is 13.8. The molecule has 3 nitrogen and oxygen atoms in total. The van der Waals surface area contributed by atoms with Gasteiger partial charge in [-0.25, -0.2) is 0 Å². The Bertz CT molecular complexity index is 722. The fraction of sp³-hybridized carbons (Fsp3) is 0.176. The molecule has 0 heterocycles. The van der Waals surface area contributed by atoms with Gasteiger partial charge in [0, 0.05) is 0 Å². The first-order valence-electron chi connectivity index (χ1n) is 6.68. The maximum atomic E-state index is 11.4. The zero-order valence-corrected chi connectivity index (χ0v) is 12.0. The van der Waals surface area contributed by atoms with Gasteiger partial charge in [0.2, 0.25) is 5.24 Å². The van der Waals surface area contributed by atoms with Gasteiger partial charge < -0.3 is 4.74 Å². The lowest BCUT2D eigenvalue weighted by Gasteiger charge is -2.09. The van der Waals surface area contributed by atoms with Crippen molar-refractivity contribution in [1.29, 1.82) is 0 Å². The van der Waals surface area contributed by atoms with Crippen molar-refractivity contribution < 1.29 is 14.3 Å². The highest BCUT2D eigenvalue weighted by atomic mass is 35.5. The molecule has 0 bridgehead atoms. The highest BCUT2D eigenvalue weighted by Gasteiger charge is 2.20. The number of hydrogen-bond acceptors (Lipinski definition) is 3. The number of carbonyl (C=O) groups is 2. The maximum Gasteiger partial charge on any atom is 0.314 e. The SMILES string of the molecule is O=C(Cl)CC(=O)OCc1cccc2c1Cc1ccccc1-2. The first-order valence-corrected chi connectivity index (χ1v) is 7.06. The monoisotopic (exact) mass is 300 g/mol. The van der Waals surface area contributed by atoms with E-state index in [0.717, 1.165) is 12.0 Å². The van der Waals surface area contributed by atoms with E-state index in [1.165, 1.54) is 22.3 Å². The van der Waals surface area contributed by atoms with E-state index in [1.807, 2.05) is 24.3 Å². The number of ether oxygens (including phenoxy) is 1. The lowest BCUT2D eigenvalue weighted by atomic mass is 10.0. The van der Waals surface area contributed by atoms with Crippen molar-refractivity contribution in [3.05, 3.63) is 59.2 Å². The Labute approximate surface area is 127 Å². The third-order valence-corrected chi connectivity index (χ3v) is 3.75. The lowest BCUT2D eigenvalue weighted by Crippen LogP contribution is -2.08. The summed E-state index contributed by atoms with van der Waals surface area (Å²) in [5.74, 6) is -0.594. The van der Waals surface area contributed by atoms with Crippen LogP contribution in [-0.4, -0.2) is 11.2 Å². The summed E-state index contributed by atoms with van der Waals surface area (Å²) in [6, 6.07) is 14.2. The molecule has 4 heteroatoms. The van der Waals surface area contributed by atoms with Gasteiger partial charge in [0.1, 0.15) is 13.0 Å². The molecule has 0 radical (unpaired) electrons. The van der Waals surface area contributed by atoms with Crippen LogP contribution >= 0.6 is 11.6 Å². The van der Waals surface area contributed by atoms with Gasteiger partial charge in [0.25, 0.3) is 0 Å². The van der Waals surface area contributed by atoms with Gasteiger partial charge in [-0.1, -0.05) is 42.5 Å². The Kier molecular flexibility index (Phi) is 3.76. The van der Waals surface area contributed by atoms with E-state index in [0.29, 0.717) is 0 Å². The summed E-state index contributed by atoms with van der Waals surface area (Å²) in [4.78, 5) is 22.1. The fourth-order valence-corrected chi connectivity index (χ4v) is 2.79. The quantitative estimate of drug-likeness (QED) is 0.421. The van der Waals surface area contributed by atoms with Gasteiger partial charge in [0.15, 0.2) is 0 Å². The van der Waals surface area contributed by atoms with Gasteiger partial charge in [0.05, 0.1) is 0 Å². The van der Waals surface area contributed by atoms with Crippen molar-refractivity contribution in [2.75, 3.05) is 0 Å². The predicted molar refractivity (Wildman–Crippen MR) is 80.0 cm³/mol. The molecule has 1 aliphatic carbocycles. The van der Waals surface area contributed by atoms with E-state index in [-0.39, 0.29) is 6.61 Å². The molecule has 0 spiro atoms. The predicted octanol–water partition coefficient (Wildman–Crippen LogP) is 3.46. The molecule has 2 aromatic rings. The Hall–Kier alpha value is -2.13. The Morgan fingerprint density at radius 3 is 2.62 bits per heavy atom. The van der Waals surface area contributed by atoms with Crippen LogP contribution in [0.3, 0.4) is 0 Å². The van der Waals surface area contributed by atoms with Crippen molar-refractivity contribution in [1.82, 2.24) is 0 Å². The van der Waals surface area contributed by atoms with E-state index >= 15 is 0 Å². The minimum atomic E-state index is -0.703. The molecule has 0 atom stereocenters. The van der Waals surface area contributed by atoms with E-state index in [2.05, 4.69) is 18.2 Å². The summed E-state index contributed by atoms with van der Waals surface area (Å²) in [5.41, 5.74) is 5.86. The number of esters is 1. The number of benzene rings is 2. The van der Waals surface area contributed by atoms with Crippen molar-refractivity contribution in [2.45, 2.75) is 19.4 Å². The molecule has 0 fully saturated rings. The summed E-state index contributed by atoms with van der Waals surface area (Å²) in [6.07, 6.45) is 0.449. The highest BCUT2D eigenvalue weighted by Crippen LogP contribution is 2.38. The molecule has 3 rings (SSSR count). The second-order valence-corrected chi connectivity index (χ2v) is 5.39. The second-order valence-electron chi connectivity index (χ2n) is 4.97. The third kappa shape index (κ3) is 2.83. The summed E-state index contributed by atoms with van der Waals surface area (Å²) >= 11 is 5.17. The van der Waals surface area contributed by atoms with Crippen LogP contribution in [0.4, 0.5) is 0 Å². The standard InChI is InChI=1S/C17H13ClO3/c18-16(19)9-17(20)21-10-12-5-3-7-14-13-6-2-1-4-11(13)8-15(12)14/h1-7H,8-10H2. The molecule has 0 aromatic heterocycles. The minimum Gasteiger partial charge on any atom is -0.460 e. The van der Waals surface area contributed by atoms with Crippen LogP contribution in [0.2, 0.25) is 0 Å². The van der Waals surface area contributed by atoms with Crippen molar-refractivity contribution >= 4 is 22.8 Å².